The average molecular weight is 188 g/mol. The number of rotatable bonds is 3. The van der Waals surface area contributed by atoms with Gasteiger partial charge in [-0.3, -0.25) is 4.79 Å². The van der Waals surface area contributed by atoms with E-state index in [0.29, 0.717) is 19.4 Å². The topological polar surface area (TPSA) is 55.8 Å². The second-order valence-electron chi connectivity index (χ2n) is 3.39. The van der Waals surface area contributed by atoms with Gasteiger partial charge in [0.1, 0.15) is 5.60 Å². The Labute approximate surface area is 77.8 Å². The molecule has 0 spiro atoms. The molecule has 0 aliphatic carbocycles. The number of esters is 1. The monoisotopic (exact) mass is 188 g/mol. The fourth-order valence-electron chi connectivity index (χ4n) is 1.75. The van der Waals surface area contributed by atoms with Gasteiger partial charge in [0.15, 0.2) is 0 Å². The third kappa shape index (κ3) is 2.00. The maximum absolute atomic E-state index is 11.3. The van der Waals surface area contributed by atoms with E-state index in [0.717, 1.165) is 0 Å². The number of carbonyl (C=O) groups is 1. The number of ether oxygens (including phenoxy) is 2. The Bertz CT molecular complexity index is 184. The van der Waals surface area contributed by atoms with Gasteiger partial charge < -0.3 is 14.6 Å². The molecule has 1 N–H and O–H groups in total. The van der Waals surface area contributed by atoms with E-state index in [1.54, 1.807) is 0 Å². The first kappa shape index (κ1) is 10.5. The van der Waals surface area contributed by atoms with Crippen LogP contribution in [-0.4, -0.2) is 37.0 Å². The quantitative estimate of drug-likeness (QED) is 0.649. The van der Waals surface area contributed by atoms with E-state index >= 15 is 0 Å². The lowest BCUT2D eigenvalue weighted by Gasteiger charge is -2.27. The van der Waals surface area contributed by atoms with Crippen molar-refractivity contribution >= 4 is 5.97 Å². The van der Waals surface area contributed by atoms with E-state index in [-0.39, 0.29) is 12.6 Å². The lowest BCUT2D eigenvalue weighted by Crippen LogP contribution is -2.43. The number of aliphatic hydroxyl groups is 1. The van der Waals surface area contributed by atoms with Gasteiger partial charge in [0.25, 0.3) is 0 Å². The standard InChI is InChI=1S/C9H16O4/c1-3-7(8(10)12-2)9(11)4-5-13-6-9/h7,11H,3-6H2,1-2H3. The number of methoxy groups -OCH3 is 1. The van der Waals surface area contributed by atoms with Gasteiger partial charge in [-0.05, 0) is 6.42 Å². The molecule has 13 heavy (non-hydrogen) atoms. The summed E-state index contributed by atoms with van der Waals surface area (Å²) < 4.78 is 9.71. The smallest absolute Gasteiger partial charge is 0.311 e. The highest BCUT2D eigenvalue weighted by Crippen LogP contribution is 2.30. The lowest BCUT2D eigenvalue weighted by molar-refractivity contribution is -0.156. The first-order valence-corrected chi connectivity index (χ1v) is 4.52. The van der Waals surface area contributed by atoms with Crippen LogP contribution in [0.25, 0.3) is 0 Å². The highest BCUT2D eigenvalue weighted by Gasteiger charge is 2.44. The molecule has 0 amide bonds. The molecule has 0 saturated carbocycles. The van der Waals surface area contributed by atoms with Crippen molar-refractivity contribution in [3.05, 3.63) is 0 Å². The van der Waals surface area contributed by atoms with Gasteiger partial charge in [0.05, 0.1) is 19.6 Å². The van der Waals surface area contributed by atoms with Gasteiger partial charge in [-0.1, -0.05) is 6.92 Å². The fourth-order valence-corrected chi connectivity index (χ4v) is 1.75. The van der Waals surface area contributed by atoms with Crippen molar-refractivity contribution < 1.29 is 19.4 Å². The number of hydrogen-bond acceptors (Lipinski definition) is 4. The minimum atomic E-state index is -1.01. The van der Waals surface area contributed by atoms with Crippen LogP contribution in [0.2, 0.25) is 0 Å². The minimum absolute atomic E-state index is 0.237. The Morgan fingerprint density at radius 2 is 2.46 bits per heavy atom. The van der Waals surface area contributed by atoms with E-state index in [1.807, 2.05) is 6.92 Å². The second kappa shape index (κ2) is 4.07. The maximum atomic E-state index is 11.3. The lowest BCUT2D eigenvalue weighted by atomic mass is 9.85. The van der Waals surface area contributed by atoms with Crippen LogP contribution >= 0.6 is 0 Å². The van der Waals surface area contributed by atoms with Crippen molar-refractivity contribution in [2.24, 2.45) is 5.92 Å². The summed E-state index contributed by atoms with van der Waals surface area (Å²) in [7, 11) is 1.34. The molecule has 2 atom stereocenters. The molecule has 4 nitrogen and oxygen atoms in total. The molecule has 4 heteroatoms. The Hall–Kier alpha value is -0.610. The van der Waals surface area contributed by atoms with Crippen molar-refractivity contribution in [2.45, 2.75) is 25.4 Å². The Kier molecular flexibility index (Phi) is 3.27. The minimum Gasteiger partial charge on any atom is -0.469 e. The summed E-state index contributed by atoms with van der Waals surface area (Å²) in [5, 5.41) is 10.0. The molecule has 0 aromatic carbocycles. The molecule has 0 bridgehead atoms. The molecule has 1 aliphatic heterocycles. The summed E-state index contributed by atoms with van der Waals surface area (Å²) in [5.74, 6) is -0.810. The van der Waals surface area contributed by atoms with Gasteiger partial charge in [-0.2, -0.15) is 0 Å². The van der Waals surface area contributed by atoms with E-state index in [9.17, 15) is 9.90 Å². The van der Waals surface area contributed by atoms with Crippen LogP contribution < -0.4 is 0 Å². The van der Waals surface area contributed by atoms with Crippen molar-refractivity contribution in [3.63, 3.8) is 0 Å². The molecule has 0 aromatic rings. The summed E-state index contributed by atoms with van der Waals surface area (Å²) in [6.45, 7) is 2.61. The van der Waals surface area contributed by atoms with Crippen molar-refractivity contribution in [2.75, 3.05) is 20.3 Å². The molecule has 76 valence electrons. The Morgan fingerprint density at radius 3 is 2.85 bits per heavy atom. The fraction of sp³-hybridized carbons (Fsp3) is 0.889. The largest absolute Gasteiger partial charge is 0.469 e. The molecule has 0 radical (unpaired) electrons. The van der Waals surface area contributed by atoms with Crippen molar-refractivity contribution in [3.8, 4) is 0 Å². The highest BCUT2D eigenvalue weighted by molar-refractivity contribution is 5.73. The zero-order chi connectivity index (χ0) is 9.90. The van der Waals surface area contributed by atoms with Crippen LogP contribution in [0.3, 0.4) is 0 Å². The molecule has 2 unspecified atom stereocenters. The van der Waals surface area contributed by atoms with Gasteiger partial charge >= 0.3 is 5.97 Å². The van der Waals surface area contributed by atoms with Gasteiger partial charge in [-0.25, -0.2) is 0 Å². The van der Waals surface area contributed by atoms with Crippen LogP contribution in [0, 0.1) is 5.92 Å². The van der Waals surface area contributed by atoms with Gasteiger partial charge in [0, 0.05) is 13.0 Å². The zero-order valence-corrected chi connectivity index (χ0v) is 8.08. The molecular formula is C9H16O4. The predicted octanol–water partition coefficient (Wildman–Crippen LogP) is 0.337. The van der Waals surface area contributed by atoms with Gasteiger partial charge in [-0.15, -0.1) is 0 Å². The molecular weight excluding hydrogens is 172 g/mol. The normalized spacial score (nSPS) is 30.1. The molecule has 1 aliphatic rings. The molecule has 1 fully saturated rings. The number of carbonyl (C=O) groups excluding carboxylic acids is 1. The van der Waals surface area contributed by atoms with Crippen molar-refractivity contribution in [1.29, 1.82) is 0 Å². The SMILES string of the molecule is CCC(C(=O)OC)C1(O)CCOC1. The Morgan fingerprint density at radius 1 is 1.77 bits per heavy atom. The molecule has 1 rings (SSSR count). The predicted molar refractivity (Wildman–Crippen MR) is 46.2 cm³/mol. The first-order valence-electron chi connectivity index (χ1n) is 4.52. The first-order chi connectivity index (χ1) is 6.14. The Balaban J connectivity index is 2.69. The molecule has 0 aromatic heterocycles. The van der Waals surface area contributed by atoms with Crippen LogP contribution in [0.1, 0.15) is 19.8 Å². The molecule has 1 heterocycles. The zero-order valence-electron chi connectivity index (χ0n) is 8.08. The van der Waals surface area contributed by atoms with Crippen LogP contribution in [0.15, 0.2) is 0 Å². The van der Waals surface area contributed by atoms with Crippen LogP contribution in [0.5, 0.6) is 0 Å². The summed E-state index contributed by atoms with van der Waals surface area (Å²) in [6, 6.07) is 0. The third-order valence-electron chi connectivity index (χ3n) is 2.57. The van der Waals surface area contributed by atoms with Gasteiger partial charge in [0.2, 0.25) is 0 Å². The average Bonchev–Trinajstić information content (AvgIpc) is 2.53. The van der Waals surface area contributed by atoms with E-state index in [4.69, 9.17) is 4.74 Å². The van der Waals surface area contributed by atoms with E-state index < -0.39 is 11.5 Å². The third-order valence-corrected chi connectivity index (χ3v) is 2.57. The van der Waals surface area contributed by atoms with E-state index in [2.05, 4.69) is 4.74 Å². The summed E-state index contributed by atoms with van der Waals surface area (Å²) in [4.78, 5) is 11.3. The maximum Gasteiger partial charge on any atom is 0.311 e. The summed E-state index contributed by atoms with van der Waals surface area (Å²) in [6.07, 6.45) is 1.09. The van der Waals surface area contributed by atoms with E-state index in [1.165, 1.54) is 7.11 Å². The second-order valence-corrected chi connectivity index (χ2v) is 3.39. The summed E-state index contributed by atoms with van der Waals surface area (Å²) >= 11 is 0. The van der Waals surface area contributed by atoms with Crippen LogP contribution in [0.4, 0.5) is 0 Å². The molecule has 1 saturated heterocycles. The van der Waals surface area contributed by atoms with Crippen LogP contribution in [-0.2, 0) is 14.3 Å². The number of hydrogen-bond donors (Lipinski definition) is 1. The highest BCUT2D eigenvalue weighted by atomic mass is 16.5. The van der Waals surface area contributed by atoms with Crippen molar-refractivity contribution in [1.82, 2.24) is 0 Å². The summed E-state index contributed by atoms with van der Waals surface area (Å²) in [5.41, 5.74) is -1.01.